The lowest BCUT2D eigenvalue weighted by Gasteiger charge is -2.07. The van der Waals surface area contributed by atoms with Gasteiger partial charge >= 0.3 is 0 Å². The molecule has 0 radical (unpaired) electrons. The smallest absolute Gasteiger partial charge is 0.238 e. The molecule has 0 aliphatic heterocycles. The molecule has 0 amide bonds. The lowest BCUT2D eigenvalue weighted by molar-refractivity contribution is 1.16. The number of hydrogen-bond donors (Lipinski definition) is 4. The molecule has 1 rings (SSSR count). The normalized spacial score (nSPS) is 11.1. The maximum Gasteiger partial charge on any atom is 0.238 e. The van der Waals surface area contributed by atoms with Crippen molar-refractivity contribution in [3.8, 4) is 6.19 Å². The molecule has 0 aromatic carbocycles. The Morgan fingerprint density at radius 2 is 2.17 bits per heavy atom. The number of allylic oxidation sites excluding steroid dienone is 3. The van der Waals surface area contributed by atoms with Crippen molar-refractivity contribution in [1.82, 2.24) is 9.97 Å². The van der Waals surface area contributed by atoms with Crippen LogP contribution in [0.5, 0.6) is 0 Å². The number of nitriles is 1. The average Bonchev–Trinajstić information content (AvgIpc) is 2.60. The second-order valence-electron chi connectivity index (χ2n) is 3.91. The number of nitrogens with one attached hydrogen (secondary N) is 2. The first kappa shape index (κ1) is 20.5. The Morgan fingerprint density at radius 1 is 1.46 bits per heavy atom. The van der Waals surface area contributed by atoms with Crippen LogP contribution in [0.2, 0.25) is 0 Å². The highest BCUT2D eigenvalue weighted by molar-refractivity contribution is 6.01. The van der Waals surface area contributed by atoms with Gasteiger partial charge in [-0.1, -0.05) is 19.2 Å². The minimum atomic E-state index is 0.197. The summed E-state index contributed by atoms with van der Waals surface area (Å²) >= 11 is 0. The van der Waals surface area contributed by atoms with E-state index >= 15 is 0 Å². The van der Waals surface area contributed by atoms with E-state index in [9.17, 15) is 0 Å². The molecule has 0 fully saturated rings. The molecule has 9 heteroatoms. The van der Waals surface area contributed by atoms with E-state index in [0.717, 1.165) is 11.9 Å². The van der Waals surface area contributed by atoms with Crippen LogP contribution in [0.4, 0.5) is 11.8 Å². The highest BCUT2D eigenvalue weighted by Gasteiger charge is 2.01. The first-order valence-electron chi connectivity index (χ1n) is 6.74. The Labute approximate surface area is 141 Å². The molecule has 1 aromatic rings. The molecule has 9 nitrogen and oxygen atoms in total. The van der Waals surface area contributed by atoms with Crippen LogP contribution in [-0.4, -0.2) is 29.1 Å². The Morgan fingerprint density at radius 3 is 2.75 bits per heavy atom. The first-order chi connectivity index (χ1) is 11.6. The zero-order chi connectivity index (χ0) is 18.4. The van der Waals surface area contributed by atoms with Crippen LogP contribution in [0.3, 0.4) is 0 Å². The molecule has 0 aliphatic rings. The summed E-state index contributed by atoms with van der Waals surface area (Å²) in [5.41, 5.74) is 11.6. The highest BCUT2D eigenvalue weighted by atomic mass is 15.2. The molecule has 0 spiro atoms. The molecule has 0 saturated heterocycles. The Bertz CT molecular complexity index is 680. The third kappa shape index (κ3) is 7.48. The number of nitrogens with zero attached hydrogens (tertiary/aromatic N) is 5. The first-order valence-corrected chi connectivity index (χ1v) is 6.74. The van der Waals surface area contributed by atoms with Gasteiger partial charge in [0.15, 0.2) is 6.19 Å². The van der Waals surface area contributed by atoms with E-state index in [-0.39, 0.29) is 5.95 Å². The number of hydrogen-bond acceptors (Lipinski definition) is 8. The summed E-state index contributed by atoms with van der Waals surface area (Å²) < 4.78 is 0. The van der Waals surface area contributed by atoms with Crippen molar-refractivity contribution in [2.75, 3.05) is 17.7 Å². The monoisotopic (exact) mass is 327 g/mol. The van der Waals surface area contributed by atoms with Gasteiger partial charge in [0, 0.05) is 11.9 Å². The second kappa shape index (κ2) is 12.1. The third-order valence-corrected chi connectivity index (χ3v) is 2.35. The van der Waals surface area contributed by atoms with Crippen LogP contribution in [0.25, 0.3) is 0 Å². The molecule has 0 saturated carbocycles. The molecule has 126 valence electrons. The minimum absolute atomic E-state index is 0.197. The quantitative estimate of drug-likeness (QED) is 0.147. The van der Waals surface area contributed by atoms with E-state index < -0.39 is 0 Å². The summed E-state index contributed by atoms with van der Waals surface area (Å²) in [5, 5.41) is 21.4. The minimum Gasteiger partial charge on any atom is -0.388 e. The summed E-state index contributed by atoms with van der Waals surface area (Å²) in [6, 6.07) is 1.65. The van der Waals surface area contributed by atoms with Crippen molar-refractivity contribution in [1.29, 1.82) is 5.26 Å². The van der Waals surface area contributed by atoms with Gasteiger partial charge < -0.3 is 16.8 Å². The Balaban J connectivity index is 0.00000254. The van der Waals surface area contributed by atoms with Gasteiger partial charge in [0.25, 0.3) is 0 Å². The Hall–Kier alpha value is -3.51. The number of aromatic nitrogens is 2. The third-order valence-electron chi connectivity index (χ3n) is 2.35. The highest BCUT2D eigenvalue weighted by Crippen LogP contribution is 2.11. The van der Waals surface area contributed by atoms with Gasteiger partial charge in [-0.05, 0) is 31.7 Å². The fraction of sp³-hybridized carbons (Fsp3) is 0.133. The maximum atomic E-state index is 8.54. The molecule has 1 heterocycles. The molecule has 24 heavy (non-hydrogen) atoms. The summed E-state index contributed by atoms with van der Waals surface area (Å²) in [6.07, 6.45) is 7.73. The van der Waals surface area contributed by atoms with Crippen LogP contribution in [0.15, 0.2) is 59.0 Å². The molecular weight excluding hydrogens is 306 g/mol. The van der Waals surface area contributed by atoms with Crippen molar-refractivity contribution < 1.29 is 0 Å². The topological polar surface area (TPSA) is 150 Å². The largest absolute Gasteiger partial charge is 0.388 e. The molecule has 1 aromatic heterocycles. The van der Waals surface area contributed by atoms with Crippen LogP contribution in [0, 0.1) is 11.5 Å². The molecule has 0 bridgehead atoms. The van der Waals surface area contributed by atoms with Crippen molar-refractivity contribution in [3.63, 3.8) is 0 Å². The number of rotatable bonds is 7. The lowest BCUT2D eigenvalue weighted by atomic mass is 10.1. The van der Waals surface area contributed by atoms with E-state index in [1.165, 1.54) is 13.2 Å². The van der Waals surface area contributed by atoms with Crippen LogP contribution in [-0.2, 0) is 0 Å². The van der Waals surface area contributed by atoms with E-state index in [4.69, 9.17) is 11.0 Å². The summed E-state index contributed by atoms with van der Waals surface area (Å²) in [4.78, 5) is 7.97. The zero-order valence-electron chi connectivity index (χ0n) is 13.7. The van der Waals surface area contributed by atoms with E-state index in [1.54, 1.807) is 31.3 Å². The standard InChI is InChI=1S/C14H16N8.CH5N/c1-4-12(11(3)22-19-9-16)7-10(2)20-13-5-6-17-14(21-13)18-8-15;1-2/h4-7,9H,1-2H2,3H3,(H2,16,19)(H2,17,18,20,21);2H2,1H3/b12-7+,22-11+;. The van der Waals surface area contributed by atoms with E-state index in [1.807, 2.05) is 0 Å². The van der Waals surface area contributed by atoms with Crippen molar-refractivity contribution in [2.45, 2.75) is 6.92 Å². The zero-order valence-corrected chi connectivity index (χ0v) is 13.7. The van der Waals surface area contributed by atoms with E-state index in [0.29, 0.717) is 17.2 Å². The number of nitrogens with two attached hydrogens (primary N) is 2. The second-order valence-corrected chi connectivity index (χ2v) is 3.91. The van der Waals surface area contributed by atoms with Crippen LogP contribution in [0.1, 0.15) is 6.92 Å². The SMILES string of the molecule is C=CC(=C\C(=C)Nc1ccnc(NC#N)n1)/C(C)=N/N=C\N.CN. The summed E-state index contributed by atoms with van der Waals surface area (Å²) in [6.45, 7) is 9.36. The van der Waals surface area contributed by atoms with Gasteiger partial charge in [0.05, 0.1) is 5.71 Å². The van der Waals surface area contributed by atoms with Crippen LogP contribution >= 0.6 is 0 Å². The molecule has 0 atom stereocenters. The molecular formula is C15H21N9. The van der Waals surface area contributed by atoms with Gasteiger partial charge in [-0.15, -0.1) is 5.10 Å². The average molecular weight is 327 g/mol. The van der Waals surface area contributed by atoms with E-state index in [2.05, 4.69) is 49.7 Å². The van der Waals surface area contributed by atoms with Gasteiger partial charge in [-0.2, -0.15) is 15.3 Å². The van der Waals surface area contributed by atoms with Gasteiger partial charge in [0.2, 0.25) is 5.95 Å². The fourth-order valence-corrected chi connectivity index (χ4v) is 1.42. The summed E-state index contributed by atoms with van der Waals surface area (Å²) in [7, 11) is 1.50. The number of anilines is 2. The molecule has 0 unspecified atom stereocenters. The van der Waals surface area contributed by atoms with Gasteiger partial charge in [-0.3, -0.25) is 5.32 Å². The lowest BCUT2D eigenvalue weighted by Crippen LogP contribution is -2.03. The predicted molar refractivity (Wildman–Crippen MR) is 98.2 cm³/mol. The van der Waals surface area contributed by atoms with Crippen molar-refractivity contribution in [2.24, 2.45) is 21.7 Å². The molecule has 6 N–H and O–H groups in total. The Kier molecular flexibility index (Phi) is 10.3. The van der Waals surface area contributed by atoms with Gasteiger partial charge in [-0.25, -0.2) is 4.98 Å². The predicted octanol–water partition coefficient (Wildman–Crippen LogP) is 1.35. The van der Waals surface area contributed by atoms with Crippen molar-refractivity contribution in [3.05, 3.63) is 48.8 Å². The van der Waals surface area contributed by atoms with Crippen molar-refractivity contribution >= 4 is 23.8 Å². The fourth-order valence-electron chi connectivity index (χ4n) is 1.42. The van der Waals surface area contributed by atoms with Gasteiger partial charge in [0.1, 0.15) is 12.2 Å². The maximum absolute atomic E-state index is 8.54. The van der Waals surface area contributed by atoms with Crippen LogP contribution < -0.4 is 22.1 Å². The summed E-state index contributed by atoms with van der Waals surface area (Å²) in [5.74, 6) is 0.690. The molecule has 0 aliphatic carbocycles.